The summed E-state index contributed by atoms with van der Waals surface area (Å²) >= 11 is 0. The van der Waals surface area contributed by atoms with E-state index in [2.05, 4.69) is 0 Å². The number of hydrogen-bond acceptors (Lipinski definition) is 4. The first-order chi connectivity index (χ1) is 18.0. The van der Waals surface area contributed by atoms with E-state index in [9.17, 15) is 14.4 Å². The Morgan fingerprint density at radius 1 is 0.730 bits per heavy atom. The minimum absolute atomic E-state index is 0.278. The second-order valence-electron chi connectivity index (χ2n) is 10.0. The van der Waals surface area contributed by atoms with E-state index >= 15 is 0 Å². The fourth-order valence-electron chi connectivity index (χ4n) is 6.28. The van der Waals surface area contributed by atoms with Gasteiger partial charge in [0.1, 0.15) is 5.75 Å². The third-order valence-corrected chi connectivity index (χ3v) is 7.96. The van der Waals surface area contributed by atoms with Gasteiger partial charge in [0.2, 0.25) is 11.8 Å². The second-order valence-corrected chi connectivity index (χ2v) is 10.0. The van der Waals surface area contributed by atoms with Crippen LogP contribution in [0.3, 0.4) is 0 Å². The lowest BCUT2D eigenvalue weighted by atomic mass is 9.64. The van der Waals surface area contributed by atoms with Gasteiger partial charge < -0.3 is 4.74 Å². The molecule has 4 aromatic carbocycles. The van der Waals surface area contributed by atoms with Gasteiger partial charge in [-0.2, -0.15) is 0 Å². The summed E-state index contributed by atoms with van der Waals surface area (Å²) in [5.41, 5.74) is 4.10. The van der Waals surface area contributed by atoms with Gasteiger partial charge in [0.15, 0.2) is 0 Å². The number of carbonyl (C=O) groups excluding carboxylic acids is 3. The SMILES string of the molecule is Cc1ccc(N2C(=O)[C@@H]3[C@@H]4C(=O)Oc5ccc6ccccc6c5C4=C[C@@H](c4ccccc4)[C@@H]3C2=O)cc1. The van der Waals surface area contributed by atoms with Crippen LogP contribution < -0.4 is 9.64 Å². The van der Waals surface area contributed by atoms with Crippen LogP contribution in [0.15, 0.2) is 97.1 Å². The van der Waals surface area contributed by atoms with E-state index in [-0.39, 0.29) is 17.7 Å². The van der Waals surface area contributed by atoms with Crippen molar-refractivity contribution in [3.8, 4) is 5.75 Å². The highest BCUT2D eigenvalue weighted by Gasteiger charge is 2.60. The molecule has 0 N–H and O–H groups in total. The van der Waals surface area contributed by atoms with E-state index < -0.39 is 23.7 Å². The van der Waals surface area contributed by atoms with Crippen LogP contribution in [0, 0.1) is 24.7 Å². The average Bonchev–Trinajstić information content (AvgIpc) is 3.19. The molecule has 1 aliphatic carbocycles. The van der Waals surface area contributed by atoms with Crippen LogP contribution in [0.4, 0.5) is 5.69 Å². The number of rotatable bonds is 2. The van der Waals surface area contributed by atoms with Gasteiger partial charge in [-0.15, -0.1) is 0 Å². The van der Waals surface area contributed by atoms with E-state index in [1.165, 1.54) is 4.90 Å². The van der Waals surface area contributed by atoms with Gasteiger partial charge >= 0.3 is 5.97 Å². The minimum Gasteiger partial charge on any atom is -0.425 e. The molecule has 1 saturated heterocycles. The molecule has 37 heavy (non-hydrogen) atoms. The summed E-state index contributed by atoms with van der Waals surface area (Å²) in [6, 6.07) is 28.8. The Morgan fingerprint density at radius 3 is 2.22 bits per heavy atom. The maximum atomic E-state index is 14.1. The van der Waals surface area contributed by atoms with Crippen molar-refractivity contribution < 1.29 is 19.1 Å². The quantitative estimate of drug-likeness (QED) is 0.209. The minimum atomic E-state index is -0.852. The topological polar surface area (TPSA) is 63.7 Å². The number of esters is 1. The van der Waals surface area contributed by atoms with Gasteiger partial charge in [-0.05, 0) is 47.0 Å². The molecular weight excluding hydrogens is 462 g/mol. The normalized spacial score (nSPS) is 24.3. The van der Waals surface area contributed by atoms with E-state index in [4.69, 9.17) is 4.74 Å². The van der Waals surface area contributed by atoms with Crippen LogP contribution in [0.25, 0.3) is 16.3 Å². The van der Waals surface area contributed by atoms with Crippen molar-refractivity contribution in [3.05, 3.63) is 114 Å². The molecule has 0 spiro atoms. The van der Waals surface area contributed by atoms with Gasteiger partial charge in [0.05, 0.1) is 23.4 Å². The highest BCUT2D eigenvalue weighted by atomic mass is 16.5. The summed E-state index contributed by atoms with van der Waals surface area (Å²) in [6.07, 6.45) is 2.04. The fourth-order valence-corrected chi connectivity index (χ4v) is 6.28. The number of nitrogens with zero attached hydrogens (tertiary/aromatic N) is 1. The Balaban J connectivity index is 1.47. The number of aryl methyl sites for hydroxylation is 1. The summed E-state index contributed by atoms with van der Waals surface area (Å²) in [5.74, 6) is -3.38. The lowest BCUT2D eigenvalue weighted by Crippen LogP contribution is -2.42. The van der Waals surface area contributed by atoms with Gasteiger partial charge in [-0.3, -0.25) is 14.4 Å². The molecule has 5 heteroatoms. The molecule has 0 aromatic heterocycles. The number of fused-ring (bicyclic) bond motifs is 7. The van der Waals surface area contributed by atoms with Crippen molar-refractivity contribution in [3.63, 3.8) is 0 Å². The van der Waals surface area contributed by atoms with Gasteiger partial charge in [-0.25, -0.2) is 4.90 Å². The zero-order valence-corrected chi connectivity index (χ0v) is 20.1. The first-order valence-electron chi connectivity index (χ1n) is 12.5. The largest absolute Gasteiger partial charge is 0.425 e. The first kappa shape index (κ1) is 21.7. The number of imide groups is 1. The summed E-state index contributed by atoms with van der Waals surface area (Å²) in [6.45, 7) is 1.96. The molecule has 2 aliphatic heterocycles. The predicted molar refractivity (Wildman–Crippen MR) is 141 cm³/mol. The summed E-state index contributed by atoms with van der Waals surface area (Å²) in [5, 5.41) is 1.98. The number of ether oxygens (including phenoxy) is 1. The zero-order valence-electron chi connectivity index (χ0n) is 20.1. The number of anilines is 1. The van der Waals surface area contributed by atoms with Crippen LogP contribution in [0.2, 0.25) is 0 Å². The first-order valence-corrected chi connectivity index (χ1v) is 12.5. The van der Waals surface area contributed by atoms with Crippen molar-refractivity contribution in [2.75, 3.05) is 4.90 Å². The Morgan fingerprint density at radius 2 is 1.43 bits per heavy atom. The summed E-state index contributed by atoms with van der Waals surface area (Å²) in [7, 11) is 0. The predicted octanol–water partition coefficient (Wildman–Crippen LogP) is 5.67. The number of hydrogen-bond donors (Lipinski definition) is 0. The Bertz CT molecular complexity index is 1640. The monoisotopic (exact) mass is 485 g/mol. The number of benzene rings is 4. The lowest BCUT2D eigenvalue weighted by Gasteiger charge is -2.38. The summed E-state index contributed by atoms with van der Waals surface area (Å²) < 4.78 is 5.84. The van der Waals surface area contributed by atoms with Gasteiger partial charge in [0.25, 0.3) is 0 Å². The molecule has 0 unspecified atom stereocenters. The zero-order chi connectivity index (χ0) is 25.3. The number of amides is 2. The summed E-state index contributed by atoms with van der Waals surface area (Å²) in [4.78, 5) is 42.8. The molecule has 180 valence electrons. The molecule has 0 radical (unpaired) electrons. The maximum Gasteiger partial charge on any atom is 0.319 e. The van der Waals surface area contributed by atoms with Crippen LogP contribution in [-0.2, 0) is 14.4 Å². The third kappa shape index (κ3) is 3.13. The van der Waals surface area contributed by atoms with E-state index in [1.54, 1.807) is 12.1 Å². The Labute approximate surface area is 214 Å². The highest BCUT2D eigenvalue weighted by molar-refractivity contribution is 6.25. The van der Waals surface area contributed by atoms with Crippen LogP contribution >= 0.6 is 0 Å². The molecule has 2 amide bonds. The Hall–Kier alpha value is -4.51. The number of carbonyl (C=O) groups is 3. The molecule has 1 fully saturated rings. The second kappa shape index (κ2) is 8.00. The Kier molecular flexibility index (Phi) is 4.70. The van der Waals surface area contributed by atoms with Crippen molar-refractivity contribution >= 4 is 39.8 Å². The van der Waals surface area contributed by atoms with Crippen molar-refractivity contribution in [2.45, 2.75) is 12.8 Å². The van der Waals surface area contributed by atoms with Gasteiger partial charge in [-0.1, -0.05) is 84.4 Å². The molecule has 7 rings (SSSR count). The van der Waals surface area contributed by atoms with Crippen molar-refractivity contribution in [1.29, 1.82) is 0 Å². The smallest absolute Gasteiger partial charge is 0.319 e. The molecule has 2 heterocycles. The van der Waals surface area contributed by atoms with E-state index in [0.717, 1.165) is 33.0 Å². The maximum absolute atomic E-state index is 14.1. The van der Waals surface area contributed by atoms with Gasteiger partial charge in [0, 0.05) is 11.5 Å². The molecule has 0 saturated carbocycles. The van der Waals surface area contributed by atoms with Crippen molar-refractivity contribution in [2.24, 2.45) is 17.8 Å². The molecule has 3 aliphatic rings. The third-order valence-electron chi connectivity index (χ3n) is 7.96. The average molecular weight is 486 g/mol. The number of allylic oxidation sites excluding steroid dienone is 1. The van der Waals surface area contributed by atoms with Crippen LogP contribution in [-0.4, -0.2) is 17.8 Å². The van der Waals surface area contributed by atoms with Crippen molar-refractivity contribution in [1.82, 2.24) is 0 Å². The van der Waals surface area contributed by atoms with E-state index in [1.807, 2.05) is 91.9 Å². The molecule has 4 atom stereocenters. The van der Waals surface area contributed by atoms with E-state index in [0.29, 0.717) is 11.4 Å². The molecular formula is C32H23NO4. The highest BCUT2D eigenvalue weighted by Crippen LogP contribution is 2.55. The van der Waals surface area contributed by atoms with Crippen LogP contribution in [0.5, 0.6) is 5.75 Å². The molecule has 0 bridgehead atoms. The standard InChI is InChI=1S/C32H23NO4/c1-18-11-14-21(15-12-18)33-30(34)27-23(19-7-3-2-4-8-19)17-24-26-22-10-6-5-9-20(22)13-16-25(26)37-32(36)28(24)29(27)31(33)35/h2-17,23,27-29H,1H3/t23-,27-,28+,29-/m0/s1. The molecule has 4 aromatic rings. The molecule has 5 nitrogen and oxygen atoms in total. The van der Waals surface area contributed by atoms with Crippen LogP contribution in [0.1, 0.15) is 22.6 Å². The fraction of sp³-hybridized carbons (Fsp3) is 0.156. The lowest BCUT2D eigenvalue weighted by molar-refractivity contribution is -0.142.